The van der Waals surface area contributed by atoms with Crippen molar-refractivity contribution in [2.24, 2.45) is 0 Å². The van der Waals surface area contributed by atoms with Gasteiger partial charge in [0.25, 0.3) is 5.91 Å². The topological polar surface area (TPSA) is 79.5 Å². The summed E-state index contributed by atoms with van der Waals surface area (Å²) in [6.07, 6.45) is 1.62. The number of hydrogen-bond donors (Lipinski definition) is 0. The fourth-order valence-corrected chi connectivity index (χ4v) is 4.71. The van der Waals surface area contributed by atoms with E-state index in [1.54, 1.807) is 22.2 Å². The monoisotopic (exact) mass is 407 g/mol. The highest BCUT2D eigenvalue weighted by molar-refractivity contribution is 7.16. The second-order valence-corrected chi connectivity index (χ2v) is 8.25. The van der Waals surface area contributed by atoms with Gasteiger partial charge in [-0.1, -0.05) is 0 Å². The van der Waals surface area contributed by atoms with E-state index in [1.165, 1.54) is 0 Å². The first-order chi connectivity index (χ1) is 14.0. The number of piperazine rings is 1. The molecular formula is C20H21N7OS. The van der Waals surface area contributed by atoms with Gasteiger partial charge in [-0.2, -0.15) is 5.10 Å². The number of nitrogens with zero attached hydrogens (tertiary/aromatic N) is 7. The third kappa shape index (κ3) is 2.93. The molecule has 0 N–H and O–H groups in total. The van der Waals surface area contributed by atoms with Crippen LogP contribution in [0.4, 0.5) is 5.82 Å². The molecule has 1 saturated heterocycles. The van der Waals surface area contributed by atoms with Crippen molar-refractivity contribution in [3.05, 3.63) is 46.5 Å². The van der Waals surface area contributed by atoms with Gasteiger partial charge in [0.15, 0.2) is 5.65 Å². The van der Waals surface area contributed by atoms with Gasteiger partial charge in [-0.05, 0) is 38.3 Å². The minimum absolute atomic E-state index is 0.00184. The summed E-state index contributed by atoms with van der Waals surface area (Å²) in [5, 5.41) is 7.65. The van der Waals surface area contributed by atoms with Gasteiger partial charge in [0.2, 0.25) is 0 Å². The lowest BCUT2D eigenvalue weighted by Crippen LogP contribution is -2.49. The first-order valence-corrected chi connectivity index (χ1v) is 10.5. The van der Waals surface area contributed by atoms with Gasteiger partial charge < -0.3 is 9.80 Å². The standard InChI is InChI=1S/C20H21N7OS/c1-12-10-13(2)27-18(23-12)16(14(3)24-27)20(28)26-7-5-25(6-8-26)17-15-4-9-29-19(15)22-11-21-17/h4,9-11H,5-8H2,1-3H3. The lowest BCUT2D eigenvalue weighted by Gasteiger charge is -2.35. The lowest BCUT2D eigenvalue weighted by molar-refractivity contribution is 0.0747. The van der Waals surface area contributed by atoms with E-state index < -0.39 is 0 Å². The van der Waals surface area contributed by atoms with E-state index in [0.29, 0.717) is 24.3 Å². The molecular weight excluding hydrogens is 386 g/mol. The maximum Gasteiger partial charge on any atom is 0.259 e. The summed E-state index contributed by atoms with van der Waals surface area (Å²) in [7, 11) is 0. The maximum atomic E-state index is 13.3. The SMILES string of the molecule is Cc1cc(C)n2nc(C)c(C(=O)N3CCN(c4ncnc5sccc45)CC3)c2n1. The molecule has 0 spiro atoms. The lowest BCUT2D eigenvalue weighted by atomic mass is 10.2. The largest absolute Gasteiger partial charge is 0.352 e. The molecule has 0 atom stereocenters. The van der Waals surface area contributed by atoms with E-state index in [1.807, 2.05) is 37.1 Å². The minimum Gasteiger partial charge on any atom is -0.352 e. The molecule has 0 unspecified atom stereocenters. The summed E-state index contributed by atoms with van der Waals surface area (Å²) >= 11 is 1.62. The van der Waals surface area contributed by atoms with Crippen molar-refractivity contribution >= 4 is 38.9 Å². The van der Waals surface area contributed by atoms with Crippen LogP contribution >= 0.6 is 11.3 Å². The molecule has 1 amide bonds. The van der Waals surface area contributed by atoms with Crippen molar-refractivity contribution in [3.8, 4) is 0 Å². The summed E-state index contributed by atoms with van der Waals surface area (Å²) in [6.45, 7) is 8.53. The van der Waals surface area contributed by atoms with Gasteiger partial charge in [-0.15, -0.1) is 11.3 Å². The molecule has 0 saturated carbocycles. The Morgan fingerprint density at radius 2 is 1.90 bits per heavy atom. The van der Waals surface area contributed by atoms with E-state index in [-0.39, 0.29) is 5.91 Å². The minimum atomic E-state index is -0.00184. The molecule has 9 heteroatoms. The molecule has 4 aromatic rings. The number of anilines is 1. The zero-order valence-electron chi connectivity index (χ0n) is 16.6. The Hall–Kier alpha value is -3.07. The molecule has 5 heterocycles. The molecule has 0 aromatic carbocycles. The highest BCUT2D eigenvalue weighted by atomic mass is 32.1. The Labute approximate surface area is 171 Å². The summed E-state index contributed by atoms with van der Waals surface area (Å²) in [5.41, 5.74) is 3.82. The number of carbonyl (C=O) groups is 1. The van der Waals surface area contributed by atoms with Crippen LogP contribution in [0.5, 0.6) is 0 Å². The first kappa shape index (κ1) is 18.0. The highest BCUT2D eigenvalue weighted by Gasteiger charge is 2.28. The predicted octanol–water partition coefficient (Wildman–Crippen LogP) is 2.62. The molecule has 1 aliphatic heterocycles. The van der Waals surface area contributed by atoms with Crippen LogP contribution in [-0.2, 0) is 0 Å². The number of thiophene rings is 1. The Kier molecular flexibility index (Phi) is 4.20. The first-order valence-electron chi connectivity index (χ1n) is 9.59. The summed E-state index contributed by atoms with van der Waals surface area (Å²) in [4.78, 5) is 31.9. The van der Waals surface area contributed by atoms with Crippen molar-refractivity contribution in [3.63, 3.8) is 0 Å². The fraction of sp³-hybridized carbons (Fsp3) is 0.350. The van der Waals surface area contributed by atoms with E-state index in [0.717, 1.165) is 46.2 Å². The number of amides is 1. The normalized spacial score (nSPS) is 14.9. The molecule has 4 aromatic heterocycles. The van der Waals surface area contributed by atoms with Crippen molar-refractivity contribution in [2.75, 3.05) is 31.1 Å². The molecule has 1 fully saturated rings. The van der Waals surface area contributed by atoms with Gasteiger partial charge in [-0.25, -0.2) is 19.5 Å². The average molecular weight is 408 g/mol. The van der Waals surface area contributed by atoms with Crippen LogP contribution in [0.2, 0.25) is 0 Å². The van der Waals surface area contributed by atoms with E-state index in [9.17, 15) is 4.79 Å². The van der Waals surface area contributed by atoms with Crippen LogP contribution in [0.15, 0.2) is 23.8 Å². The van der Waals surface area contributed by atoms with Crippen LogP contribution in [0.1, 0.15) is 27.4 Å². The van der Waals surface area contributed by atoms with Crippen LogP contribution in [0.25, 0.3) is 15.9 Å². The van der Waals surface area contributed by atoms with Crippen LogP contribution < -0.4 is 4.90 Å². The second kappa shape index (κ2) is 6.77. The van der Waals surface area contributed by atoms with Gasteiger partial charge in [0.05, 0.1) is 11.1 Å². The molecule has 0 aliphatic carbocycles. The smallest absolute Gasteiger partial charge is 0.259 e. The zero-order valence-corrected chi connectivity index (χ0v) is 17.4. The van der Waals surface area contributed by atoms with E-state index >= 15 is 0 Å². The van der Waals surface area contributed by atoms with Gasteiger partial charge in [0.1, 0.15) is 22.5 Å². The molecule has 0 bridgehead atoms. The average Bonchev–Trinajstić information content (AvgIpc) is 3.31. The zero-order chi connectivity index (χ0) is 20.1. The Balaban J connectivity index is 1.40. The maximum absolute atomic E-state index is 13.3. The number of rotatable bonds is 2. The third-order valence-corrected chi connectivity index (χ3v) is 6.21. The van der Waals surface area contributed by atoms with Gasteiger partial charge in [-0.3, -0.25) is 4.79 Å². The third-order valence-electron chi connectivity index (χ3n) is 5.39. The highest BCUT2D eigenvalue weighted by Crippen LogP contribution is 2.28. The second-order valence-electron chi connectivity index (χ2n) is 7.35. The molecule has 8 nitrogen and oxygen atoms in total. The van der Waals surface area contributed by atoms with Crippen molar-refractivity contribution in [1.82, 2.24) is 29.5 Å². The van der Waals surface area contributed by atoms with Crippen molar-refractivity contribution in [2.45, 2.75) is 20.8 Å². The number of carbonyl (C=O) groups excluding carboxylic acids is 1. The number of aromatic nitrogens is 5. The van der Waals surface area contributed by atoms with Crippen LogP contribution in [0, 0.1) is 20.8 Å². The van der Waals surface area contributed by atoms with Crippen LogP contribution in [0.3, 0.4) is 0 Å². The molecule has 0 radical (unpaired) electrons. The molecule has 1 aliphatic rings. The van der Waals surface area contributed by atoms with E-state index in [4.69, 9.17) is 0 Å². The molecule has 5 rings (SSSR count). The van der Waals surface area contributed by atoms with Gasteiger partial charge in [0, 0.05) is 37.6 Å². The predicted molar refractivity (Wildman–Crippen MR) is 113 cm³/mol. The van der Waals surface area contributed by atoms with Crippen LogP contribution in [-0.4, -0.2) is 61.6 Å². The molecule has 29 heavy (non-hydrogen) atoms. The van der Waals surface area contributed by atoms with Crippen molar-refractivity contribution in [1.29, 1.82) is 0 Å². The summed E-state index contributed by atoms with van der Waals surface area (Å²) < 4.78 is 1.76. The number of aryl methyl sites for hydroxylation is 3. The summed E-state index contributed by atoms with van der Waals surface area (Å²) in [6, 6.07) is 4.03. The number of fused-ring (bicyclic) bond motifs is 2. The quantitative estimate of drug-likeness (QED) is 0.508. The Morgan fingerprint density at radius 3 is 2.69 bits per heavy atom. The summed E-state index contributed by atoms with van der Waals surface area (Å²) in [5.74, 6) is 0.946. The Bertz CT molecular complexity index is 1240. The fourth-order valence-electron chi connectivity index (χ4n) is 3.99. The Morgan fingerprint density at radius 1 is 1.10 bits per heavy atom. The van der Waals surface area contributed by atoms with E-state index in [2.05, 4.69) is 31.0 Å². The van der Waals surface area contributed by atoms with Gasteiger partial charge >= 0.3 is 0 Å². The number of hydrogen-bond acceptors (Lipinski definition) is 7. The van der Waals surface area contributed by atoms with Crippen molar-refractivity contribution < 1.29 is 4.79 Å². The molecule has 148 valence electrons.